The lowest BCUT2D eigenvalue weighted by Crippen LogP contribution is -2.49. The van der Waals surface area contributed by atoms with Crippen LogP contribution in [0.5, 0.6) is 34.5 Å². The van der Waals surface area contributed by atoms with Crippen LogP contribution in [0.2, 0.25) is 0 Å². The van der Waals surface area contributed by atoms with Gasteiger partial charge in [-0.3, -0.25) is 14.4 Å². The Morgan fingerprint density at radius 3 is 1.26 bits per heavy atom. The summed E-state index contributed by atoms with van der Waals surface area (Å²) in [4.78, 5) is 78.8. The van der Waals surface area contributed by atoms with E-state index in [0.717, 1.165) is 22.9 Å². The van der Waals surface area contributed by atoms with Gasteiger partial charge in [-0.1, -0.05) is 110 Å². The van der Waals surface area contributed by atoms with E-state index in [-0.39, 0.29) is 34.1 Å². The van der Waals surface area contributed by atoms with Gasteiger partial charge in [0, 0.05) is 123 Å². The third kappa shape index (κ3) is 11.2. The summed E-state index contributed by atoms with van der Waals surface area (Å²) in [5, 5.41) is 63.5. The maximum Gasteiger partial charge on any atom is 0.488 e. The number of fused-ring (bicyclic) bond motifs is 18. The average Bonchev–Trinajstić information content (AvgIpc) is 1.62. The molecule has 3 amide bonds. The number of amides is 3. The van der Waals surface area contributed by atoms with E-state index < -0.39 is 56.1 Å². The summed E-state index contributed by atoms with van der Waals surface area (Å²) in [6.07, 6.45) is 1.15. The summed E-state index contributed by atoms with van der Waals surface area (Å²) in [7, 11) is -5.06. The lowest BCUT2D eigenvalue weighted by molar-refractivity contribution is -0.127. The Morgan fingerprint density at radius 2 is 0.832 bits per heavy atom. The quantitative estimate of drug-likeness (QED) is 0.0313. The van der Waals surface area contributed by atoms with Crippen LogP contribution in [0.3, 0.4) is 0 Å². The second-order valence-corrected chi connectivity index (χ2v) is 25.1. The maximum absolute atomic E-state index is 13.1. The summed E-state index contributed by atoms with van der Waals surface area (Å²) in [6.45, 7) is 18.6. The maximum atomic E-state index is 13.1. The summed E-state index contributed by atoms with van der Waals surface area (Å²) in [5.74, 6) is 0.161. The van der Waals surface area contributed by atoms with Gasteiger partial charge in [0.15, 0.2) is 16.8 Å². The zero-order valence-electron chi connectivity index (χ0n) is 54.5. The van der Waals surface area contributed by atoms with Gasteiger partial charge in [-0.05, 0) is 116 Å². The summed E-state index contributed by atoms with van der Waals surface area (Å²) < 4.78 is 36.8. The number of piperazine rings is 1. The number of hydrogen-bond donors (Lipinski definition) is 8. The fourth-order valence-corrected chi connectivity index (χ4v) is 13.9. The molecule has 1 saturated heterocycles. The predicted molar refractivity (Wildman–Crippen MR) is 374 cm³/mol. The molecule has 0 aromatic heterocycles. The van der Waals surface area contributed by atoms with Crippen LogP contribution < -0.4 is 46.1 Å². The molecule has 16 rings (SSSR count). The average molecular weight is 1350 g/mol. The molecule has 0 bridgehead atoms. The Morgan fingerprint density at radius 1 is 0.446 bits per heavy atom. The van der Waals surface area contributed by atoms with Crippen LogP contribution >= 0.6 is 0 Å². The zero-order valence-corrected chi connectivity index (χ0v) is 54.5. The van der Waals surface area contributed by atoms with Gasteiger partial charge in [-0.2, -0.15) is 0 Å². The molecule has 502 valence electrons. The van der Waals surface area contributed by atoms with Crippen LogP contribution in [0.1, 0.15) is 101 Å². The standard InChI is InChI=1S/C29H27BN2O6.C24H18BNO6.C23H16BNO6/c1-17(2)27(33)32-12-10-31(11-13-32)20-6-9-23-26(16-20)37-25-15-19(30(35)36)5-8-22(25)29(23)24-14-18(3)4-7-21(24)28(34)38-29;1-13(2)22(27)26-15-8-10-19-21(12-15)31-20-11-14(25(29)30)7-9-18(20)24(19)17-6-4-3-5-16(17)23(28)32-24;1-2-21(26)25-14-8-10-18-20(12-14)30-19-11-13(24(28)29)7-9-17(19)23(18)16-6-4-3-5-15(16)22(27)31-23/h4-9,14-16,35-36H,1,10-13H2,2-3H3;3-12,29-30H,1H2,2H3,(H,26,27);2-12,28-29H,1H2,(H,25,26). The minimum atomic E-state index is -1.69. The Bertz CT molecular complexity index is 5090. The molecule has 3 unspecified atom stereocenters. The number of rotatable bonds is 9. The Balaban J connectivity index is 0.000000130. The number of nitrogens with zero attached hydrogens (tertiary/aromatic N) is 2. The van der Waals surface area contributed by atoms with E-state index in [4.69, 9.17) is 28.4 Å². The van der Waals surface area contributed by atoms with Gasteiger partial charge in [0.1, 0.15) is 34.5 Å². The molecule has 1 fully saturated rings. The first-order valence-corrected chi connectivity index (χ1v) is 32.0. The van der Waals surface area contributed by atoms with Gasteiger partial charge in [-0.25, -0.2) is 14.4 Å². The third-order valence-electron chi connectivity index (χ3n) is 18.7. The molecule has 9 aromatic rings. The van der Waals surface area contributed by atoms with Crippen molar-refractivity contribution < 1.29 is 87.3 Å². The lowest BCUT2D eigenvalue weighted by atomic mass is 9.74. The van der Waals surface area contributed by atoms with Crippen LogP contribution in [-0.2, 0) is 45.4 Å². The van der Waals surface area contributed by atoms with E-state index in [1.165, 1.54) is 12.1 Å². The number of benzene rings is 9. The molecule has 25 heteroatoms. The van der Waals surface area contributed by atoms with Crippen LogP contribution in [-0.4, -0.2) is 118 Å². The van der Waals surface area contributed by atoms with E-state index in [9.17, 15) is 58.9 Å². The zero-order chi connectivity index (χ0) is 71.1. The number of ether oxygens (including phenoxy) is 6. The molecule has 0 saturated carbocycles. The van der Waals surface area contributed by atoms with Gasteiger partial charge in [0.2, 0.25) is 11.8 Å². The topological polar surface area (TPSA) is 310 Å². The molecule has 3 atom stereocenters. The molecule has 7 heterocycles. The molecule has 22 nitrogen and oxygen atoms in total. The van der Waals surface area contributed by atoms with Crippen molar-refractivity contribution in [1.82, 2.24) is 4.90 Å². The minimum absolute atomic E-state index is 0.0316. The molecule has 9 aromatic carbocycles. The Hall–Kier alpha value is -11.8. The van der Waals surface area contributed by atoms with Gasteiger partial charge < -0.3 is 79.0 Å². The van der Waals surface area contributed by atoms with Crippen molar-refractivity contribution in [3.05, 3.63) is 285 Å². The number of aryl methyl sites for hydroxylation is 1. The van der Waals surface area contributed by atoms with Crippen molar-refractivity contribution in [1.29, 1.82) is 0 Å². The fourth-order valence-electron chi connectivity index (χ4n) is 13.9. The molecule has 8 N–H and O–H groups in total. The molecule has 0 radical (unpaired) electrons. The van der Waals surface area contributed by atoms with Gasteiger partial charge in [0.25, 0.3) is 5.91 Å². The highest BCUT2D eigenvalue weighted by Gasteiger charge is 2.57. The van der Waals surface area contributed by atoms with Crippen molar-refractivity contribution in [2.75, 3.05) is 41.7 Å². The summed E-state index contributed by atoms with van der Waals surface area (Å²) in [6, 6.07) is 50.1. The fraction of sp³-hybridized carbons (Fsp3) is 0.132. The van der Waals surface area contributed by atoms with Crippen LogP contribution in [0.25, 0.3) is 0 Å². The van der Waals surface area contributed by atoms with Crippen molar-refractivity contribution >= 4 is 90.4 Å². The number of anilines is 3. The van der Waals surface area contributed by atoms with E-state index in [1.807, 2.05) is 61.5 Å². The monoisotopic (exact) mass is 1350 g/mol. The second kappa shape index (κ2) is 25.5. The van der Waals surface area contributed by atoms with Gasteiger partial charge >= 0.3 is 39.3 Å². The second-order valence-electron chi connectivity index (χ2n) is 25.1. The number of carbonyl (C=O) groups excluding carboxylic acids is 6. The first-order chi connectivity index (χ1) is 48.4. The van der Waals surface area contributed by atoms with Crippen molar-refractivity contribution in [3.8, 4) is 34.5 Å². The minimum Gasteiger partial charge on any atom is -0.456 e. The highest BCUT2D eigenvalue weighted by Crippen LogP contribution is 2.60. The summed E-state index contributed by atoms with van der Waals surface area (Å²) >= 11 is 0. The van der Waals surface area contributed by atoms with Crippen molar-refractivity contribution in [3.63, 3.8) is 0 Å². The summed E-state index contributed by atoms with van der Waals surface area (Å²) in [5.41, 5.74) is 7.71. The Kier molecular flexibility index (Phi) is 16.8. The normalized spacial score (nSPS) is 18.2. The molecular weight excluding hydrogens is 1290 g/mol. The molecule has 7 aliphatic heterocycles. The van der Waals surface area contributed by atoms with Crippen molar-refractivity contribution in [2.24, 2.45) is 0 Å². The van der Waals surface area contributed by atoms with Crippen LogP contribution in [0.15, 0.2) is 213 Å². The highest BCUT2D eigenvalue weighted by molar-refractivity contribution is 6.59. The first-order valence-electron chi connectivity index (χ1n) is 32.0. The van der Waals surface area contributed by atoms with E-state index in [0.29, 0.717) is 144 Å². The van der Waals surface area contributed by atoms with E-state index in [1.54, 1.807) is 128 Å². The number of esters is 3. The molecule has 3 spiro atoms. The van der Waals surface area contributed by atoms with Crippen LogP contribution in [0, 0.1) is 6.92 Å². The largest absolute Gasteiger partial charge is 0.488 e. The first kappa shape index (κ1) is 66.4. The Labute approximate surface area is 579 Å². The van der Waals surface area contributed by atoms with Gasteiger partial charge in [-0.15, -0.1) is 0 Å². The van der Waals surface area contributed by atoms with E-state index >= 15 is 0 Å². The number of nitrogens with one attached hydrogen (secondary N) is 2. The predicted octanol–water partition coefficient (Wildman–Crippen LogP) is 6.98. The van der Waals surface area contributed by atoms with Crippen LogP contribution in [0.4, 0.5) is 17.1 Å². The smallest absolute Gasteiger partial charge is 0.456 e. The third-order valence-corrected chi connectivity index (χ3v) is 18.7. The molecule has 101 heavy (non-hydrogen) atoms. The number of carbonyl (C=O) groups is 6. The SMILES string of the molecule is C=C(C)C(=O)N1CCN(c2ccc3c(c2)Oc2cc(B(O)O)ccc2C32OC(=O)c3ccc(C)cc32)CC1.C=C(C)C(=O)Nc1ccc2c(c1)Oc1cc(B(O)O)ccc1C21OC(=O)c2ccccc21.C=CC(=O)Nc1ccc2c(c1)Oc1cc(B(O)O)ccc1C21OC(=O)c2ccccc21. The van der Waals surface area contributed by atoms with Gasteiger partial charge in [0.05, 0.1) is 16.7 Å². The highest BCUT2D eigenvalue weighted by atomic mass is 16.6. The lowest BCUT2D eigenvalue weighted by Gasteiger charge is -2.39. The number of hydrogen-bond acceptors (Lipinski definition) is 19. The molecule has 7 aliphatic rings. The molecular formula is C76H61B3N4O18. The molecule has 0 aliphatic carbocycles. The van der Waals surface area contributed by atoms with Crippen molar-refractivity contribution in [2.45, 2.75) is 37.6 Å². The van der Waals surface area contributed by atoms with E-state index in [2.05, 4.69) is 35.3 Å².